The minimum Gasteiger partial charge on any atom is -0.256 e. The normalized spacial score (nSPS) is 10.9. The van der Waals surface area contributed by atoms with Gasteiger partial charge in [0.15, 0.2) is 0 Å². The molecule has 2 aromatic rings. The van der Waals surface area contributed by atoms with Gasteiger partial charge in [-0.3, -0.25) is 4.99 Å². The third-order valence-electron chi connectivity index (χ3n) is 2.58. The maximum absolute atomic E-state index is 4.55. The van der Waals surface area contributed by atoms with Gasteiger partial charge >= 0.3 is 0 Å². The first-order chi connectivity index (χ1) is 7.77. The molecule has 0 saturated heterocycles. The van der Waals surface area contributed by atoms with Crippen molar-refractivity contribution in [3.05, 3.63) is 65.2 Å². The average Bonchev–Trinajstić information content (AvgIpc) is 2.30. The molecule has 0 radical (unpaired) electrons. The van der Waals surface area contributed by atoms with Gasteiger partial charge in [-0.15, -0.1) is 0 Å². The van der Waals surface area contributed by atoms with Gasteiger partial charge in [0.25, 0.3) is 0 Å². The van der Waals surface area contributed by atoms with E-state index in [4.69, 9.17) is 0 Å². The van der Waals surface area contributed by atoms with E-state index in [2.05, 4.69) is 49.2 Å². The van der Waals surface area contributed by atoms with Crippen LogP contribution >= 0.6 is 0 Å². The Balaban J connectivity index is 2.31. The highest BCUT2D eigenvalue weighted by molar-refractivity contribution is 5.82. The van der Waals surface area contributed by atoms with Gasteiger partial charge in [-0.1, -0.05) is 48.5 Å². The third-order valence-corrected chi connectivity index (χ3v) is 2.58. The van der Waals surface area contributed by atoms with Gasteiger partial charge in [-0.05, 0) is 30.5 Å². The number of rotatable bonds is 2. The summed E-state index contributed by atoms with van der Waals surface area (Å²) in [5.74, 6) is 0. The van der Waals surface area contributed by atoms with Crippen LogP contribution in [0.4, 0.5) is 5.69 Å². The zero-order valence-corrected chi connectivity index (χ0v) is 9.64. The van der Waals surface area contributed by atoms with E-state index in [-0.39, 0.29) is 0 Å². The fourth-order valence-corrected chi connectivity index (χ4v) is 1.69. The van der Waals surface area contributed by atoms with Crippen LogP contribution in [-0.4, -0.2) is 6.21 Å². The van der Waals surface area contributed by atoms with Crippen molar-refractivity contribution in [1.82, 2.24) is 0 Å². The monoisotopic (exact) mass is 209 g/mol. The van der Waals surface area contributed by atoms with E-state index in [0.29, 0.717) is 0 Å². The molecule has 0 saturated carbocycles. The molecule has 0 aliphatic carbocycles. The summed E-state index contributed by atoms with van der Waals surface area (Å²) in [7, 11) is 0. The minimum absolute atomic E-state index is 1.08. The van der Waals surface area contributed by atoms with Crippen LogP contribution < -0.4 is 0 Å². The van der Waals surface area contributed by atoms with Crippen molar-refractivity contribution in [3.8, 4) is 0 Å². The van der Waals surface area contributed by atoms with Crippen LogP contribution in [-0.2, 0) is 0 Å². The average molecular weight is 209 g/mol. The molecule has 2 rings (SSSR count). The Morgan fingerprint density at radius 2 is 1.44 bits per heavy atom. The Bertz CT molecular complexity index is 478. The van der Waals surface area contributed by atoms with E-state index >= 15 is 0 Å². The van der Waals surface area contributed by atoms with E-state index in [1.165, 1.54) is 11.1 Å². The molecule has 0 unspecified atom stereocenters. The van der Waals surface area contributed by atoms with Crippen LogP contribution in [0.3, 0.4) is 0 Å². The molecule has 0 heterocycles. The van der Waals surface area contributed by atoms with Crippen LogP contribution in [0.15, 0.2) is 53.5 Å². The van der Waals surface area contributed by atoms with Crippen LogP contribution in [0, 0.1) is 13.8 Å². The number of benzene rings is 2. The Morgan fingerprint density at radius 1 is 0.812 bits per heavy atom. The molecule has 0 atom stereocenters. The maximum atomic E-state index is 4.55. The summed E-state index contributed by atoms with van der Waals surface area (Å²) >= 11 is 0. The molecule has 0 aromatic heterocycles. The Morgan fingerprint density at radius 3 is 2.06 bits per heavy atom. The Hall–Kier alpha value is -1.89. The molecular formula is C15H15N. The van der Waals surface area contributed by atoms with Crippen molar-refractivity contribution in [3.63, 3.8) is 0 Å². The zero-order chi connectivity index (χ0) is 11.4. The largest absolute Gasteiger partial charge is 0.256 e. The highest BCUT2D eigenvalue weighted by atomic mass is 14.7. The van der Waals surface area contributed by atoms with Crippen LogP contribution in [0.2, 0.25) is 0 Å². The molecule has 0 spiro atoms. The lowest BCUT2D eigenvalue weighted by atomic mass is 10.1. The maximum Gasteiger partial charge on any atom is 0.0688 e. The fourth-order valence-electron chi connectivity index (χ4n) is 1.69. The molecule has 0 N–H and O–H groups in total. The summed E-state index contributed by atoms with van der Waals surface area (Å²) < 4.78 is 0. The molecular weight excluding hydrogens is 194 g/mol. The summed E-state index contributed by atoms with van der Waals surface area (Å²) in [5.41, 5.74) is 4.64. The highest BCUT2D eigenvalue weighted by Gasteiger charge is 1.98. The van der Waals surface area contributed by atoms with Crippen molar-refractivity contribution in [1.29, 1.82) is 0 Å². The van der Waals surface area contributed by atoms with E-state index in [0.717, 1.165) is 11.3 Å². The van der Waals surface area contributed by atoms with Gasteiger partial charge < -0.3 is 0 Å². The number of hydrogen-bond acceptors (Lipinski definition) is 1. The summed E-state index contributed by atoms with van der Waals surface area (Å²) in [6, 6.07) is 16.4. The zero-order valence-electron chi connectivity index (χ0n) is 9.64. The van der Waals surface area contributed by atoms with Gasteiger partial charge in [0, 0.05) is 6.21 Å². The first kappa shape index (κ1) is 10.6. The number of aryl methyl sites for hydroxylation is 2. The summed E-state index contributed by atoms with van der Waals surface area (Å²) in [5, 5.41) is 0. The number of hydrogen-bond donors (Lipinski definition) is 0. The number of para-hydroxylation sites is 1. The van der Waals surface area contributed by atoms with Crippen molar-refractivity contribution in [2.75, 3.05) is 0 Å². The second-order valence-corrected chi connectivity index (χ2v) is 3.91. The van der Waals surface area contributed by atoms with E-state index < -0.39 is 0 Å². The first-order valence-corrected chi connectivity index (χ1v) is 5.43. The molecule has 2 aromatic carbocycles. The Labute approximate surface area is 96.5 Å². The molecule has 0 bridgehead atoms. The van der Waals surface area contributed by atoms with Gasteiger partial charge in [0.2, 0.25) is 0 Å². The van der Waals surface area contributed by atoms with Gasteiger partial charge in [0.05, 0.1) is 5.69 Å². The molecule has 1 heteroatoms. The molecule has 0 aliphatic heterocycles. The molecule has 0 aliphatic rings. The van der Waals surface area contributed by atoms with Crippen molar-refractivity contribution in [2.45, 2.75) is 13.8 Å². The summed E-state index contributed by atoms with van der Waals surface area (Å²) in [6.45, 7) is 4.18. The van der Waals surface area contributed by atoms with E-state index in [9.17, 15) is 0 Å². The molecule has 0 amide bonds. The van der Waals surface area contributed by atoms with E-state index in [1.54, 1.807) is 0 Å². The fraction of sp³-hybridized carbons (Fsp3) is 0.133. The lowest BCUT2D eigenvalue weighted by molar-refractivity contribution is 1.33. The van der Waals surface area contributed by atoms with Crippen molar-refractivity contribution < 1.29 is 0 Å². The van der Waals surface area contributed by atoms with Crippen LogP contribution in [0.5, 0.6) is 0 Å². The second kappa shape index (κ2) is 4.75. The van der Waals surface area contributed by atoms with Crippen LogP contribution in [0.25, 0.3) is 0 Å². The van der Waals surface area contributed by atoms with E-state index in [1.807, 2.05) is 24.4 Å². The summed E-state index contributed by atoms with van der Waals surface area (Å²) in [4.78, 5) is 4.55. The Kier molecular flexibility index (Phi) is 3.16. The summed E-state index contributed by atoms with van der Waals surface area (Å²) in [6.07, 6.45) is 1.91. The molecule has 16 heavy (non-hydrogen) atoms. The van der Waals surface area contributed by atoms with Gasteiger partial charge in [0.1, 0.15) is 0 Å². The topological polar surface area (TPSA) is 12.4 Å². The van der Waals surface area contributed by atoms with Crippen molar-refractivity contribution in [2.24, 2.45) is 4.99 Å². The van der Waals surface area contributed by atoms with Crippen molar-refractivity contribution >= 4 is 11.9 Å². The molecule has 1 nitrogen and oxygen atoms in total. The number of nitrogens with zero attached hydrogens (tertiary/aromatic N) is 1. The standard InChI is InChI=1S/C15H15N/c1-12-7-6-8-13(2)15(12)16-11-14-9-4-3-5-10-14/h3-11H,1-2H3/b16-11-. The predicted molar refractivity (Wildman–Crippen MR) is 69.6 cm³/mol. The first-order valence-electron chi connectivity index (χ1n) is 5.43. The third kappa shape index (κ3) is 2.37. The lowest BCUT2D eigenvalue weighted by Crippen LogP contribution is -1.82. The quantitative estimate of drug-likeness (QED) is 0.661. The van der Waals surface area contributed by atoms with Gasteiger partial charge in [-0.25, -0.2) is 0 Å². The molecule has 0 fully saturated rings. The lowest BCUT2D eigenvalue weighted by Gasteiger charge is -2.03. The van der Waals surface area contributed by atoms with Crippen LogP contribution in [0.1, 0.15) is 16.7 Å². The SMILES string of the molecule is Cc1cccc(C)c1/N=C\c1ccccc1. The molecule has 80 valence electrons. The number of aliphatic imine (C=N–C) groups is 1. The second-order valence-electron chi connectivity index (χ2n) is 3.91. The smallest absolute Gasteiger partial charge is 0.0688 e. The predicted octanol–water partition coefficient (Wildman–Crippen LogP) is 4.05. The highest BCUT2D eigenvalue weighted by Crippen LogP contribution is 2.22. The minimum atomic E-state index is 1.08. The van der Waals surface area contributed by atoms with Gasteiger partial charge in [-0.2, -0.15) is 0 Å².